The largest absolute Gasteiger partial charge is 0.465 e. The molecule has 0 bridgehead atoms. The number of rotatable bonds is 11. The normalized spacial score (nSPS) is 18.1. The van der Waals surface area contributed by atoms with Crippen LogP contribution in [-0.2, 0) is 33.7 Å². The van der Waals surface area contributed by atoms with Crippen LogP contribution < -0.4 is 11.1 Å². The van der Waals surface area contributed by atoms with Gasteiger partial charge in [0.05, 0.1) is 30.6 Å². The minimum Gasteiger partial charge on any atom is -0.465 e. The molecule has 1 saturated heterocycles. The molecule has 2 aromatic carbocycles. The van der Waals surface area contributed by atoms with E-state index in [2.05, 4.69) is 5.32 Å². The number of sulfone groups is 1. The van der Waals surface area contributed by atoms with Crippen molar-refractivity contribution in [3.05, 3.63) is 42.5 Å². The predicted octanol–water partition coefficient (Wildman–Crippen LogP) is 0.637. The monoisotopic (exact) mass is 573 g/mol. The maximum Gasteiger partial charge on any atom is 0.325 e. The third-order valence-corrected chi connectivity index (χ3v) is 8.98. The lowest BCUT2D eigenvalue weighted by molar-refractivity contribution is -0.149. The van der Waals surface area contributed by atoms with Crippen LogP contribution >= 0.6 is 0 Å². The Bertz CT molecular complexity index is 1380. The van der Waals surface area contributed by atoms with E-state index >= 15 is 0 Å². The molecular formula is C27H35N5O7S. The van der Waals surface area contributed by atoms with Crippen molar-refractivity contribution in [1.82, 2.24) is 15.1 Å². The molecule has 1 saturated carbocycles. The molecule has 1 aliphatic carbocycles. The summed E-state index contributed by atoms with van der Waals surface area (Å²) in [4.78, 5) is 41.9. The second-order valence-corrected chi connectivity index (χ2v) is 12.0. The Morgan fingerprint density at radius 1 is 1.20 bits per heavy atom. The van der Waals surface area contributed by atoms with Crippen molar-refractivity contribution in [2.75, 3.05) is 39.4 Å². The molecule has 4 rings (SSSR count). The van der Waals surface area contributed by atoms with E-state index in [1.807, 2.05) is 12.1 Å². The Morgan fingerprint density at radius 3 is 2.60 bits per heavy atom. The first-order valence-corrected chi connectivity index (χ1v) is 14.8. The maximum atomic E-state index is 13.9. The fourth-order valence-corrected chi connectivity index (χ4v) is 6.32. The zero-order valence-electron chi connectivity index (χ0n) is 22.4. The standard InChI is InChI=1S/C27H35N5O7S/c1-2-38-25(34)17-32(20-8-9-20)26(35)23(14-24(33)30-15-21-16-31(27(28)29)11-12-39-21)40(36,37)22-10-7-18-5-3-4-6-19(18)13-22/h3-7,10,13,20-21,23H,2,8-9,11-12,14-17H2,1H3,(H3,28,29)(H,30,33)/t21?,23-/m0/s1. The lowest BCUT2D eigenvalue weighted by Gasteiger charge is -2.33. The minimum absolute atomic E-state index is 0.0503. The summed E-state index contributed by atoms with van der Waals surface area (Å²) < 4.78 is 38.5. The van der Waals surface area contributed by atoms with Gasteiger partial charge in [-0.15, -0.1) is 0 Å². The molecule has 1 unspecified atom stereocenters. The van der Waals surface area contributed by atoms with Crippen LogP contribution in [0.1, 0.15) is 26.2 Å². The molecule has 216 valence electrons. The smallest absolute Gasteiger partial charge is 0.325 e. The van der Waals surface area contributed by atoms with E-state index in [4.69, 9.17) is 20.6 Å². The minimum atomic E-state index is -4.34. The average molecular weight is 574 g/mol. The van der Waals surface area contributed by atoms with Gasteiger partial charge in [0.15, 0.2) is 21.0 Å². The van der Waals surface area contributed by atoms with Gasteiger partial charge >= 0.3 is 5.97 Å². The zero-order chi connectivity index (χ0) is 28.9. The van der Waals surface area contributed by atoms with Crippen LogP contribution in [-0.4, -0.2) is 98.7 Å². The summed E-state index contributed by atoms with van der Waals surface area (Å²) in [7, 11) is -4.34. The van der Waals surface area contributed by atoms with E-state index in [0.29, 0.717) is 37.9 Å². The first-order chi connectivity index (χ1) is 19.1. The maximum absolute atomic E-state index is 13.9. The number of amides is 2. The number of esters is 1. The third kappa shape index (κ3) is 7.07. The SMILES string of the molecule is CCOC(=O)CN(C(=O)[C@H](CC(=O)NCC1CN(C(=N)N)CCO1)S(=O)(=O)c1ccc2ccccc2c1)C1CC1. The number of nitrogens with two attached hydrogens (primary N) is 1. The van der Waals surface area contributed by atoms with Crippen LogP contribution in [0.3, 0.4) is 0 Å². The van der Waals surface area contributed by atoms with E-state index in [0.717, 1.165) is 5.39 Å². The molecule has 2 aliphatic rings. The van der Waals surface area contributed by atoms with Crippen LogP contribution in [0.25, 0.3) is 10.8 Å². The van der Waals surface area contributed by atoms with Gasteiger partial charge in [-0.05, 0) is 42.7 Å². The zero-order valence-corrected chi connectivity index (χ0v) is 23.2. The van der Waals surface area contributed by atoms with Crippen LogP contribution in [0.4, 0.5) is 0 Å². The summed E-state index contributed by atoms with van der Waals surface area (Å²) in [6.07, 6.45) is 0.167. The highest BCUT2D eigenvalue weighted by Crippen LogP contribution is 2.31. The van der Waals surface area contributed by atoms with Gasteiger partial charge in [0, 0.05) is 25.7 Å². The number of hydrogen-bond donors (Lipinski definition) is 3. The van der Waals surface area contributed by atoms with Crippen LogP contribution in [0.2, 0.25) is 0 Å². The summed E-state index contributed by atoms with van der Waals surface area (Å²) >= 11 is 0. The highest BCUT2D eigenvalue weighted by Gasteiger charge is 2.44. The molecule has 1 heterocycles. The Morgan fingerprint density at radius 2 is 1.93 bits per heavy atom. The quantitative estimate of drug-likeness (QED) is 0.198. The number of benzene rings is 2. The first-order valence-electron chi connectivity index (χ1n) is 13.3. The highest BCUT2D eigenvalue weighted by molar-refractivity contribution is 7.92. The Labute approximate surface area is 233 Å². The predicted molar refractivity (Wildman–Crippen MR) is 147 cm³/mol. The molecule has 2 fully saturated rings. The first kappa shape index (κ1) is 29.3. The lowest BCUT2D eigenvalue weighted by atomic mass is 10.1. The van der Waals surface area contributed by atoms with Gasteiger partial charge in [-0.25, -0.2) is 8.42 Å². The van der Waals surface area contributed by atoms with Crippen molar-refractivity contribution in [3.8, 4) is 0 Å². The molecule has 0 aromatic heterocycles. The summed E-state index contributed by atoms with van der Waals surface area (Å²) in [5.41, 5.74) is 5.56. The number of morpholine rings is 1. The molecule has 40 heavy (non-hydrogen) atoms. The fraction of sp³-hybridized carbons (Fsp3) is 0.481. The molecule has 2 aromatic rings. The molecule has 1 aliphatic heterocycles. The summed E-state index contributed by atoms with van der Waals surface area (Å²) in [6.45, 7) is 2.50. The van der Waals surface area contributed by atoms with E-state index in [9.17, 15) is 22.8 Å². The molecule has 12 nitrogen and oxygen atoms in total. The third-order valence-electron chi connectivity index (χ3n) is 6.95. The lowest BCUT2D eigenvalue weighted by Crippen LogP contribution is -2.52. The van der Waals surface area contributed by atoms with Gasteiger partial charge < -0.3 is 30.3 Å². The Hall–Kier alpha value is -3.71. The van der Waals surface area contributed by atoms with Crippen molar-refractivity contribution >= 4 is 44.4 Å². The van der Waals surface area contributed by atoms with Crippen LogP contribution in [0.5, 0.6) is 0 Å². The molecule has 0 spiro atoms. The summed E-state index contributed by atoms with van der Waals surface area (Å²) in [5, 5.41) is 10.0. The van der Waals surface area contributed by atoms with Crippen molar-refractivity contribution in [3.63, 3.8) is 0 Å². The van der Waals surface area contributed by atoms with E-state index in [1.165, 1.54) is 17.0 Å². The van der Waals surface area contributed by atoms with Gasteiger partial charge in [-0.3, -0.25) is 19.8 Å². The Balaban J connectivity index is 1.57. The number of ether oxygens (including phenoxy) is 2. The molecule has 2 atom stereocenters. The van der Waals surface area contributed by atoms with Gasteiger partial charge in [-0.1, -0.05) is 30.3 Å². The average Bonchev–Trinajstić information content (AvgIpc) is 3.78. The summed E-state index contributed by atoms with van der Waals surface area (Å²) in [5.74, 6) is -2.21. The van der Waals surface area contributed by atoms with E-state index in [1.54, 1.807) is 30.0 Å². The van der Waals surface area contributed by atoms with Gasteiger partial charge in [-0.2, -0.15) is 0 Å². The van der Waals surface area contributed by atoms with Crippen molar-refractivity contribution in [2.24, 2.45) is 5.73 Å². The number of hydrogen-bond acceptors (Lipinski definition) is 8. The van der Waals surface area contributed by atoms with Crippen LogP contribution in [0, 0.1) is 5.41 Å². The van der Waals surface area contributed by atoms with E-state index < -0.39 is 45.4 Å². The van der Waals surface area contributed by atoms with Gasteiger partial charge in [0.1, 0.15) is 6.54 Å². The molecule has 4 N–H and O–H groups in total. The fourth-order valence-electron chi connectivity index (χ4n) is 4.67. The van der Waals surface area contributed by atoms with Gasteiger partial charge in [0.25, 0.3) is 0 Å². The number of carbonyl (C=O) groups excluding carboxylic acids is 3. The topological polar surface area (TPSA) is 172 Å². The molecule has 2 amide bonds. The van der Waals surface area contributed by atoms with Crippen molar-refractivity contribution < 1.29 is 32.3 Å². The van der Waals surface area contributed by atoms with Gasteiger partial charge in [0.2, 0.25) is 11.8 Å². The van der Waals surface area contributed by atoms with E-state index in [-0.39, 0.29) is 36.6 Å². The highest BCUT2D eigenvalue weighted by atomic mass is 32.2. The number of guanidine groups is 1. The number of nitrogens with zero attached hydrogens (tertiary/aromatic N) is 2. The molecular weight excluding hydrogens is 538 g/mol. The second kappa shape index (κ2) is 12.6. The number of carbonyl (C=O) groups is 3. The van der Waals surface area contributed by atoms with Crippen molar-refractivity contribution in [2.45, 2.75) is 48.5 Å². The second-order valence-electron chi connectivity index (χ2n) is 9.88. The Kier molecular flexibility index (Phi) is 9.25. The van der Waals surface area contributed by atoms with Crippen molar-refractivity contribution in [1.29, 1.82) is 5.41 Å². The van der Waals surface area contributed by atoms with Crippen LogP contribution in [0.15, 0.2) is 47.4 Å². The molecule has 13 heteroatoms. The number of nitrogens with one attached hydrogen (secondary N) is 2. The molecule has 0 radical (unpaired) electrons. The summed E-state index contributed by atoms with van der Waals surface area (Å²) in [6, 6.07) is 11.5. The number of fused-ring (bicyclic) bond motifs is 1.